The zero-order chi connectivity index (χ0) is 23.7. The lowest BCUT2D eigenvalue weighted by Gasteiger charge is -2.12. The molecule has 1 rings (SSSR count). The van der Waals surface area contributed by atoms with Gasteiger partial charge in [0, 0.05) is 6.42 Å². The first-order chi connectivity index (χ1) is 15.4. The first kappa shape index (κ1) is 28.2. The van der Waals surface area contributed by atoms with Gasteiger partial charge in [0.15, 0.2) is 5.75 Å². The van der Waals surface area contributed by atoms with Crippen molar-refractivity contribution in [2.75, 3.05) is 12.4 Å². The van der Waals surface area contributed by atoms with Gasteiger partial charge in [0.25, 0.3) is 10.1 Å². The number of para-hydroxylation sites is 1. The molecule has 0 radical (unpaired) electrons. The quantitative estimate of drug-likeness (QED) is 0.139. The zero-order valence-corrected chi connectivity index (χ0v) is 20.6. The Hall–Kier alpha value is -1.86. The molecule has 0 aliphatic heterocycles. The van der Waals surface area contributed by atoms with Crippen molar-refractivity contribution in [2.24, 2.45) is 0 Å². The fourth-order valence-electron chi connectivity index (χ4n) is 3.60. The van der Waals surface area contributed by atoms with E-state index in [1.54, 1.807) is 6.07 Å². The van der Waals surface area contributed by atoms with E-state index in [0.717, 1.165) is 32.1 Å². The molecule has 0 fully saturated rings. The van der Waals surface area contributed by atoms with Crippen LogP contribution in [-0.2, 0) is 14.9 Å². The van der Waals surface area contributed by atoms with Crippen LogP contribution in [0, 0.1) is 0 Å². The molecule has 0 aliphatic rings. The van der Waals surface area contributed by atoms with Crippen molar-refractivity contribution in [3.05, 3.63) is 30.4 Å². The minimum absolute atomic E-state index is 0.0621. The Kier molecular flexibility index (Phi) is 14.7. The molecule has 0 spiro atoms. The van der Waals surface area contributed by atoms with Gasteiger partial charge in [0.05, 0.1) is 12.8 Å². The van der Waals surface area contributed by atoms with E-state index in [1.807, 2.05) is 0 Å². The minimum Gasteiger partial charge on any atom is -0.493 e. The molecule has 6 nitrogen and oxygen atoms in total. The monoisotopic (exact) mass is 467 g/mol. The highest BCUT2D eigenvalue weighted by Crippen LogP contribution is 2.32. The van der Waals surface area contributed by atoms with Crippen molar-refractivity contribution in [3.8, 4) is 5.75 Å². The molecule has 1 aromatic carbocycles. The standard InChI is InChI=1S/C25H41NO5S/c1-3-4-5-6-7-8-9-10-11-12-13-14-15-16-17-21-24(27)26-22-19-18-20-23(25(22)31-2)32(28,29)30/h10-11,18-20H,3-9,12-17,21H2,1-2H3,(H,26,27)(H,28,29,30)/b11-10-. The Morgan fingerprint density at radius 2 is 1.50 bits per heavy atom. The van der Waals surface area contributed by atoms with E-state index in [9.17, 15) is 17.8 Å². The van der Waals surface area contributed by atoms with Crippen LogP contribution in [0.15, 0.2) is 35.2 Å². The van der Waals surface area contributed by atoms with Gasteiger partial charge < -0.3 is 10.1 Å². The van der Waals surface area contributed by atoms with E-state index in [-0.39, 0.29) is 22.2 Å². The summed E-state index contributed by atoms with van der Waals surface area (Å²) >= 11 is 0. The average molecular weight is 468 g/mol. The van der Waals surface area contributed by atoms with Gasteiger partial charge in [0.2, 0.25) is 5.91 Å². The summed E-state index contributed by atoms with van der Waals surface area (Å²) in [5.74, 6) is -0.263. The molecule has 1 amide bonds. The van der Waals surface area contributed by atoms with Gasteiger partial charge in [-0.05, 0) is 44.2 Å². The van der Waals surface area contributed by atoms with Crippen molar-refractivity contribution in [3.63, 3.8) is 0 Å². The number of hydrogen-bond donors (Lipinski definition) is 2. The number of benzene rings is 1. The number of rotatable bonds is 18. The lowest BCUT2D eigenvalue weighted by molar-refractivity contribution is -0.116. The van der Waals surface area contributed by atoms with Gasteiger partial charge in [0.1, 0.15) is 4.90 Å². The van der Waals surface area contributed by atoms with E-state index in [2.05, 4.69) is 24.4 Å². The number of carbonyl (C=O) groups is 1. The number of methoxy groups -OCH3 is 1. The number of allylic oxidation sites excluding steroid dienone is 2. The summed E-state index contributed by atoms with van der Waals surface area (Å²) in [4.78, 5) is 11.8. The summed E-state index contributed by atoms with van der Waals surface area (Å²) in [6.45, 7) is 2.25. The second-order valence-corrected chi connectivity index (χ2v) is 9.58. The number of hydrogen-bond acceptors (Lipinski definition) is 4. The molecule has 0 saturated heterocycles. The molecule has 0 heterocycles. The first-order valence-corrected chi connectivity index (χ1v) is 13.4. The van der Waals surface area contributed by atoms with Gasteiger partial charge in [-0.1, -0.05) is 76.5 Å². The van der Waals surface area contributed by atoms with Crippen LogP contribution >= 0.6 is 0 Å². The second-order valence-electron chi connectivity index (χ2n) is 8.19. The van der Waals surface area contributed by atoms with Crippen LogP contribution in [0.4, 0.5) is 5.69 Å². The minimum atomic E-state index is -4.43. The molecule has 0 saturated carbocycles. The van der Waals surface area contributed by atoms with Crippen molar-refractivity contribution < 1.29 is 22.5 Å². The summed E-state index contributed by atoms with van der Waals surface area (Å²) in [7, 11) is -3.13. The van der Waals surface area contributed by atoms with Crippen molar-refractivity contribution in [1.29, 1.82) is 0 Å². The molecular formula is C25H41NO5S. The van der Waals surface area contributed by atoms with E-state index >= 15 is 0 Å². The normalized spacial score (nSPS) is 11.7. The molecule has 182 valence electrons. The lowest BCUT2D eigenvalue weighted by Crippen LogP contribution is -2.13. The molecule has 0 bridgehead atoms. The summed E-state index contributed by atoms with van der Waals surface area (Å²) in [5.41, 5.74) is 0.236. The highest BCUT2D eigenvalue weighted by atomic mass is 32.2. The van der Waals surface area contributed by atoms with Crippen molar-refractivity contribution >= 4 is 21.7 Å². The number of ether oxygens (including phenoxy) is 1. The van der Waals surface area contributed by atoms with Gasteiger partial charge in [-0.25, -0.2) is 0 Å². The van der Waals surface area contributed by atoms with Crippen LogP contribution in [0.3, 0.4) is 0 Å². The van der Waals surface area contributed by atoms with Crippen LogP contribution in [0.2, 0.25) is 0 Å². The van der Waals surface area contributed by atoms with Crippen LogP contribution in [0.25, 0.3) is 0 Å². The number of unbranched alkanes of at least 4 members (excludes halogenated alkanes) is 11. The van der Waals surface area contributed by atoms with Crippen molar-refractivity contribution in [1.82, 2.24) is 0 Å². The number of anilines is 1. The third kappa shape index (κ3) is 12.2. The summed E-state index contributed by atoms with van der Waals surface area (Å²) in [5, 5.41) is 2.67. The highest BCUT2D eigenvalue weighted by Gasteiger charge is 2.20. The molecular weight excluding hydrogens is 426 g/mol. The van der Waals surface area contributed by atoms with Gasteiger partial charge in [-0.15, -0.1) is 0 Å². The average Bonchev–Trinajstić information content (AvgIpc) is 2.75. The Balaban J connectivity index is 2.13. The molecule has 0 unspecified atom stereocenters. The third-order valence-electron chi connectivity index (χ3n) is 5.40. The predicted molar refractivity (Wildman–Crippen MR) is 131 cm³/mol. The lowest BCUT2D eigenvalue weighted by atomic mass is 10.1. The Morgan fingerprint density at radius 1 is 0.938 bits per heavy atom. The fraction of sp³-hybridized carbons (Fsp3) is 0.640. The molecule has 0 atom stereocenters. The topological polar surface area (TPSA) is 92.7 Å². The zero-order valence-electron chi connectivity index (χ0n) is 19.8. The Labute approximate surface area is 194 Å². The fourth-order valence-corrected chi connectivity index (χ4v) is 4.28. The number of nitrogens with one attached hydrogen (secondary N) is 1. The molecule has 0 aromatic heterocycles. The Bertz CT molecular complexity index is 790. The van der Waals surface area contributed by atoms with Crippen LogP contribution in [0.1, 0.15) is 96.8 Å². The van der Waals surface area contributed by atoms with E-state index in [0.29, 0.717) is 6.42 Å². The van der Waals surface area contributed by atoms with E-state index < -0.39 is 10.1 Å². The predicted octanol–water partition coefficient (Wildman–Crippen LogP) is 6.92. The van der Waals surface area contributed by atoms with Crippen LogP contribution in [0.5, 0.6) is 5.75 Å². The highest BCUT2D eigenvalue weighted by molar-refractivity contribution is 7.86. The first-order valence-electron chi connectivity index (χ1n) is 12.0. The maximum Gasteiger partial charge on any atom is 0.298 e. The molecule has 7 heteroatoms. The van der Waals surface area contributed by atoms with Gasteiger partial charge >= 0.3 is 0 Å². The largest absolute Gasteiger partial charge is 0.493 e. The van der Waals surface area contributed by atoms with E-state index in [4.69, 9.17) is 4.74 Å². The Morgan fingerprint density at radius 3 is 2.06 bits per heavy atom. The maximum absolute atomic E-state index is 12.2. The van der Waals surface area contributed by atoms with E-state index in [1.165, 1.54) is 70.6 Å². The smallest absolute Gasteiger partial charge is 0.298 e. The van der Waals surface area contributed by atoms with Crippen LogP contribution in [-0.4, -0.2) is 26.0 Å². The molecule has 2 N–H and O–H groups in total. The number of amides is 1. The molecule has 1 aromatic rings. The van der Waals surface area contributed by atoms with Gasteiger partial charge in [-0.3, -0.25) is 9.35 Å². The third-order valence-corrected chi connectivity index (χ3v) is 6.28. The van der Waals surface area contributed by atoms with Crippen molar-refractivity contribution in [2.45, 2.75) is 102 Å². The number of carbonyl (C=O) groups excluding carboxylic acids is 1. The summed E-state index contributed by atoms with van der Waals surface area (Å²) in [6.07, 6.45) is 20.5. The molecule has 0 aliphatic carbocycles. The van der Waals surface area contributed by atoms with Crippen LogP contribution < -0.4 is 10.1 Å². The second kappa shape index (κ2) is 16.7. The van der Waals surface area contributed by atoms with Gasteiger partial charge in [-0.2, -0.15) is 8.42 Å². The summed E-state index contributed by atoms with van der Waals surface area (Å²) < 4.78 is 37.2. The maximum atomic E-state index is 12.2. The summed E-state index contributed by atoms with van der Waals surface area (Å²) in [6, 6.07) is 4.22. The SMILES string of the molecule is CCCCCCCC/C=C\CCCCCCCC(=O)Nc1cccc(S(=O)(=O)O)c1OC. The molecule has 32 heavy (non-hydrogen) atoms.